The van der Waals surface area contributed by atoms with Crippen molar-refractivity contribution in [1.29, 1.82) is 0 Å². The maximum atomic E-state index is 12.6. The summed E-state index contributed by atoms with van der Waals surface area (Å²) in [5.74, 6) is 2.93. The topological polar surface area (TPSA) is 78.6 Å². The summed E-state index contributed by atoms with van der Waals surface area (Å²) in [5.41, 5.74) is 0.422. The first-order valence-electron chi connectivity index (χ1n) is 8.64. The molecule has 0 atom stereocenters. The van der Waals surface area contributed by atoms with Crippen LogP contribution in [0.15, 0.2) is 22.7 Å². The van der Waals surface area contributed by atoms with Gasteiger partial charge in [-0.2, -0.15) is 0 Å². The molecule has 25 heavy (non-hydrogen) atoms. The molecular formula is C17H22N6O2. The van der Waals surface area contributed by atoms with Crippen molar-refractivity contribution in [3.63, 3.8) is 0 Å². The van der Waals surface area contributed by atoms with Crippen molar-refractivity contribution < 1.29 is 9.32 Å². The Morgan fingerprint density at radius 1 is 1.16 bits per heavy atom. The van der Waals surface area contributed by atoms with E-state index in [1.54, 1.807) is 6.07 Å². The number of amides is 1. The molecule has 0 N–H and O–H groups in total. The Hall–Kier alpha value is -2.64. The summed E-state index contributed by atoms with van der Waals surface area (Å²) in [7, 11) is 3.87. The molecular weight excluding hydrogens is 320 g/mol. The van der Waals surface area contributed by atoms with E-state index in [-0.39, 0.29) is 5.91 Å². The summed E-state index contributed by atoms with van der Waals surface area (Å²) in [6, 6.07) is 5.73. The number of carbonyl (C=O) groups excluding carboxylic acids is 1. The van der Waals surface area contributed by atoms with Crippen molar-refractivity contribution in [3.05, 3.63) is 29.7 Å². The van der Waals surface area contributed by atoms with Gasteiger partial charge in [-0.15, -0.1) is 10.2 Å². The van der Waals surface area contributed by atoms with Gasteiger partial charge in [0.15, 0.2) is 17.3 Å². The van der Waals surface area contributed by atoms with Crippen molar-refractivity contribution in [1.82, 2.24) is 20.3 Å². The number of anilines is 2. The fraction of sp³-hybridized carbons (Fsp3) is 0.529. The van der Waals surface area contributed by atoms with Gasteiger partial charge in [-0.05, 0) is 25.0 Å². The third-order valence-electron chi connectivity index (χ3n) is 4.71. The number of hydrogen-bond donors (Lipinski definition) is 0. The quantitative estimate of drug-likeness (QED) is 0.830. The van der Waals surface area contributed by atoms with E-state index in [9.17, 15) is 4.79 Å². The number of piperazine rings is 1. The lowest BCUT2D eigenvalue weighted by atomic mass is 10.2. The van der Waals surface area contributed by atoms with Gasteiger partial charge in [-0.25, -0.2) is 0 Å². The fourth-order valence-electron chi connectivity index (χ4n) is 2.98. The monoisotopic (exact) mass is 342 g/mol. The first-order chi connectivity index (χ1) is 12.1. The number of nitrogens with zero attached hydrogens (tertiary/aromatic N) is 6. The highest BCUT2D eigenvalue weighted by Crippen LogP contribution is 2.40. The van der Waals surface area contributed by atoms with Crippen molar-refractivity contribution in [2.24, 2.45) is 0 Å². The molecule has 0 spiro atoms. The first-order valence-corrected chi connectivity index (χ1v) is 8.64. The van der Waals surface area contributed by atoms with Crippen LogP contribution in [0.2, 0.25) is 0 Å². The van der Waals surface area contributed by atoms with E-state index in [1.165, 1.54) is 0 Å². The summed E-state index contributed by atoms with van der Waals surface area (Å²) in [4.78, 5) is 18.5. The van der Waals surface area contributed by atoms with Gasteiger partial charge in [0.05, 0.1) is 0 Å². The van der Waals surface area contributed by atoms with Crippen molar-refractivity contribution in [3.8, 4) is 0 Å². The maximum absolute atomic E-state index is 12.6. The first kappa shape index (κ1) is 15.9. The highest BCUT2D eigenvalue weighted by Gasteiger charge is 2.30. The molecule has 1 saturated carbocycles. The van der Waals surface area contributed by atoms with Crippen molar-refractivity contribution in [2.45, 2.75) is 18.8 Å². The van der Waals surface area contributed by atoms with Crippen LogP contribution in [-0.4, -0.2) is 66.4 Å². The number of hydrogen-bond acceptors (Lipinski definition) is 7. The molecule has 8 nitrogen and oxygen atoms in total. The molecule has 8 heteroatoms. The highest BCUT2D eigenvalue weighted by atomic mass is 16.5. The summed E-state index contributed by atoms with van der Waals surface area (Å²) in [5, 5.41) is 12.4. The highest BCUT2D eigenvalue weighted by molar-refractivity contribution is 5.92. The number of aromatic nitrogens is 3. The molecule has 0 unspecified atom stereocenters. The average molecular weight is 342 g/mol. The second-order valence-corrected chi connectivity index (χ2v) is 6.81. The van der Waals surface area contributed by atoms with Gasteiger partial charge in [0.25, 0.3) is 5.91 Å². The fourth-order valence-corrected chi connectivity index (χ4v) is 2.98. The van der Waals surface area contributed by atoms with Crippen LogP contribution in [0.25, 0.3) is 0 Å². The van der Waals surface area contributed by atoms with Gasteiger partial charge in [-0.3, -0.25) is 4.79 Å². The Morgan fingerprint density at radius 3 is 2.52 bits per heavy atom. The van der Waals surface area contributed by atoms with Gasteiger partial charge < -0.3 is 19.2 Å². The Morgan fingerprint density at radius 2 is 1.92 bits per heavy atom. The summed E-state index contributed by atoms with van der Waals surface area (Å²) >= 11 is 0. The molecule has 1 amide bonds. The SMILES string of the molecule is CN(C)c1ccc(N2CCN(C(=O)c3cc(C4CC4)on3)CC2)nn1. The summed E-state index contributed by atoms with van der Waals surface area (Å²) in [6.07, 6.45) is 2.27. The van der Waals surface area contributed by atoms with Crippen molar-refractivity contribution in [2.75, 3.05) is 50.1 Å². The third kappa shape index (κ3) is 3.29. The summed E-state index contributed by atoms with van der Waals surface area (Å²) < 4.78 is 5.29. The molecule has 1 saturated heterocycles. The normalized spacial score (nSPS) is 17.7. The smallest absolute Gasteiger partial charge is 0.276 e. The second-order valence-electron chi connectivity index (χ2n) is 6.81. The zero-order valence-corrected chi connectivity index (χ0v) is 14.6. The maximum Gasteiger partial charge on any atom is 0.276 e. The van der Waals surface area contributed by atoms with E-state index >= 15 is 0 Å². The predicted octanol–water partition coefficient (Wildman–Crippen LogP) is 1.37. The Bertz CT molecular complexity index is 745. The van der Waals surface area contributed by atoms with Crippen LogP contribution in [0.1, 0.15) is 35.0 Å². The molecule has 1 aliphatic carbocycles. The summed E-state index contributed by atoms with van der Waals surface area (Å²) in [6.45, 7) is 2.74. The van der Waals surface area contributed by atoms with Crippen LogP contribution in [0.4, 0.5) is 11.6 Å². The van der Waals surface area contributed by atoms with Crippen LogP contribution in [-0.2, 0) is 0 Å². The van der Waals surface area contributed by atoms with Gasteiger partial charge in [-0.1, -0.05) is 5.16 Å². The lowest BCUT2D eigenvalue weighted by Crippen LogP contribution is -2.49. The average Bonchev–Trinajstić information content (AvgIpc) is 3.38. The van der Waals surface area contributed by atoms with Gasteiger partial charge >= 0.3 is 0 Å². The van der Waals surface area contributed by atoms with Crippen LogP contribution < -0.4 is 9.80 Å². The van der Waals surface area contributed by atoms with Crippen LogP contribution in [0.5, 0.6) is 0 Å². The van der Waals surface area contributed by atoms with Crippen LogP contribution in [0.3, 0.4) is 0 Å². The molecule has 132 valence electrons. The molecule has 0 radical (unpaired) electrons. The Balaban J connectivity index is 1.36. The Kier molecular flexibility index (Phi) is 4.03. The molecule has 2 aliphatic rings. The molecule has 3 heterocycles. The zero-order valence-electron chi connectivity index (χ0n) is 14.6. The number of rotatable bonds is 4. The van der Waals surface area contributed by atoms with Gasteiger partial charge in [0.1, 0.15) is 5.76 Å². The van der Waals surface area contributed by atoms with E-state index < -0.39 is 0 Å². The van der Waals surface area contributed by atoms with Crippen molar-refractivity contribution >= 4 is 17.5 Å². The number of carbonyl (C=O) groups is 1. The minimum Gasteiger partial charge on any atom is -0.361 e. The van der Waals surface area contributed by atoms with E-state index in [4.69, 9.17) is 4.52 Å². The third-order valence-corrected chi connectivity index (χ3v) is 4.71. The largest absolute Gasteiger partial charge is 0.361 e. The van der Waals surface area contributed by atoms with Gasteiger partial charge in [0, 0.05) is 52.3 Å². The molecule has 2 aromatic rings. The lowest BCUT2D eigenvalue weighted by molar-refractivity contribution is 0.0736. The Labute approximate surface area is 146 Å². The molecule has 1 aliphatic heterocycles. The van der Waals surface area contributed by atoms with E-state index in [2.05, 4.69) is 20.3 Å². The van der Waals surface area contributed by atoms with Gasteiger partial charge in [0.2, 0.25) is 0 Å². The molecule has 0 aromatic carbocycles. The predicted molar refractivity (Wildman–Crippen MR) is 93.0 cm³/mol. The van der Waals surface area contributed by atoms with Crippen LogP contribution in [0, 0.1) is 0 Å². The second kappa shape index (κ2) is 6.34. The minimum atomic E-state index is -0.0515. The lowest BCUT2D eigenvalue weighted by Gasteiger charge is -2.34. The van der Waals surface area contributed by atoms with Crippen LogP contribution >= 0.6 is 0 Å². The molecule has 2 aromatic heterocycles. The molecule has 0 bridgehead atoms. The minimum absolute atomic E-state index is 0.0515. The molecule has 4 rings (SSSR count). The van der Waals surface area contributed by atoms with E-state index in [1.807, 2.05) is 36.0 Å². The zero-order chi connectivity index (χ0) is 17.4. The molecule has 2 fully saturated rings. The van der Waals surface area contributed by atoms with E-state index in [0.717, 1.165) is 43.3 Å². The standard InChI is InChI=1S/C17H22N6O2/c1-21(2)15-5-6-16(19-18-15)22-7-9-23(10-8-22)17(24)13-11-14(25-20-13)12-3-4-12/h5-6,11-12H,3-4,7-10H2,1-2H3. The van der Waals surface area contributed by atoms with E-state index in [0.29, 0.717) is 24.7 Å².